The fourth-order valence-corrected chi connectivity index (χ4v) is 2.67. The summed E-state index contributed by atoms with van der Waals surface area (Å²) < 4.78 is 0. The molecule has 0 spiro atoms. The molecule has 0 fully saturated rings. The third-order valence-electron chi connectivity index (χ3n) is 4.04. The lowest BCUT2D eigenvalue weighted by Gasteiger charge is -2.23. The Labute approximate surface area is 144 Å². The van der Waals surface area contributed by atoms with Gasteiger partial charge in [0.2, 0.25) is 0 Å². The van der Waals surface area contributed by atoms with Gasteiger partial charge in [0.05, 0.1) is 0 Å². The fraction of sp³-hybridized carbons (Fsp3) is 0.190. The summed E-state index contributed by atoms with van der Waals surface area (Å²) >= 11 is 0. The molecule has 0 saturated heterocycles. The summed E-state index contributed by atoms with van der Waals surface area (Å²) in [6, 6.07) is 25.2. The Hall–Kier alpha value is -2.81. The minimum Gasteiger partial charge on any atom is -0.367 e. The van der Waals surface area contributed by atoms with Crippen LogP contribution in [0.4, 0.5) is 11.5 Å². The van der Waals surface area contributed by atoms with Crippen LogP contribution in [0.25, 0.3) is 0 Å². The molecule has 0 unspecified atom stereocenters. The minimum absolute atomic E-state index is 0.780. The van der Waals surface area contributed by atoms with Gasteiger partial charge < -0.3 is 10.2 Å². The average molecular weight is 317 g/mol. The van der Waals surface area contributed by atoms with E-state index < -0.39 is 0 Å². The second kappa shape index (κ2) is 8.16. The van der Waals surface area contributed by atoms with Crippen molar-refractivity contribution in [1.82, 2.24) is 4.98 Å². The Morgan fingerprint density at radius 3 is 2.25 bits per heavy atom. The molecule has 1 heterocycles. The predicted molar refractivity (Wildman–Crippen MR) is 101 cm³/mol. The molecule has 24 heavy (non-hydrogen) atoms. The zero-order valence-electron chi connectivity index (χ0n) is 14.0. The fourth-order valence-electron chi connectivity index (χ4n) is 2.67. The molecule has 0 aliphatic rings. The highest BCUT2D eigenvalue weighted by molar-refractivity contribution is 5.48. The van der Waals surface area contributed by atoms with Gasteiger partial charge in [0.15, 0.2) is 0 Å². The summed E-state index contributed by atoms with van der Waals surface area (Å²) in [5.41, 5.74) is 3.84. The largest absolute Gasteiger partial charge is 0.367 e. The third kappa shape index (κ3) is 4.35. The van der Waals surface area contributed by atoms with Gasteiger partial charge in [-0.2, -0.15) is 0 Å². The summed E-state index contributed by atoms with van der Waals surface area (Å²) in [7, 11) is 0. The van der Waals surface area contributed by atoms with Crippen LogP contribution in [-0.2, 0) is 13.1 Å². The standard InChI is InChI=1S/C21H23N3/c1-2-24(17-19-8-4-3-5-9-19)20-13-11-18(12-14-20)16-23-21-10-6-7-15-22-21/h3-15H,2,16-17H2,1H3,(H,22,23). The average Bonchev–Trinajstić information content (AvgIpc) is 2.67. The molecule has 1 aromatic heterocycles. The zero-order valence-corrected chi connectivity index (χ0v) is 14.0. The molecule has 0 saturated carbocycles. The van der Waals surface area contributed by atoms with Crippen LogP contribution in [0.15, 0.2) is 79.0 Å². The second-order valence-corrected chi connectivity index (χ2v) is 5.73. The Morgan fingerprint density at radius 1 is 0.833 bits per heavy atom. The highest BCUT2D eigenvalue weighted by atomic mass is 15.1. The van der Waals surface area contributed by atoms with Crippen molar-refractivity contribution in [2.24, 2.45) is 0 Å². The number of pyridine rings is 1. The highest BCUT2D eigenvalue weighted by Crippen LogP contribution is 2.18. The summed E-state index contributed by atoms with van der Waals surface area (Å²) in [5.74, 6) is 0.904. The van der Waals surface area contributed by atoms with Gasteiger partial charge in [-0.05, 0) is 42.3 Å². The number of benzene rings is 2. The van der Waals surface area contributed by atoms with Crippen LogP contribution < -0.4 is 10.2 Å². The summed E-state index contributed by atoms with van der Waals surface area (Å²) in [5, 5.41) is 3.34. The molecular weight excluding hydrogens is 294 g/mol. The van der Waals surface area contributed by atoms with E-state index in [1.807, 2.05) is 18.2 Å². The van der Waals surface area contributed by atoms with E-state index >= 15 is 0 Å². The molecule has 0 bridgehead atoms. The van der Waals surface area contributed by atoms with Crippen LogP contribution in [0, 0.1) is 0 Å². The summed E-state index contributed by atoms with van der Waals surface area (Å²) in [6.07, 6.45) is 1.80. The molecule has 3 aromatic rings. The first-order valence-corrected chi connectivity index (χ1v) is 8.38. The van der Waals surface area contributed by atoms with Crippen molar-refractivity contribution in [1.29, 1.82) is 0 Å². The molecule has 3 rings (SSSR count). The number of hydrogen-bond donors (Lipinski definition) is 1. The molecule has 3 heteroatoms. The monoisotopic (exact) mass is 317 g/mol. The third-order valence-corrected chi connectivity index (χ3v) is 4.04. The molecule has 0 aliphatic carbocycles. The smallest absolute Gasteiger partial charge is 0.126 e. The van der Waals surface area contributed by atoms with Gasteiger partial charge in [-0.3, -0.25) is 0 Å². The minimum atomic E-state index is 0.780. The van der Waals surface area contributed by atoms with E-state index in [1.54, 1.807) is 6.20 Å². The van der Waals surface area contributed by atoms with E-state index in [9.17, 15) is 0 Å². The SMILES string of the molecule is CCN(Cc1ccccc1)c1ccc(CNc2ccccn2)cc1. The number of aromatic nitrogens is 1. The van der Waals surface area contributed by atoms with Crippen LogP contribution in [-0.4, -0.2) is 11.5 Å². The van der Waals surface area contributed by atoms with Crippen molar-refractivity contribution in [2.75, 3.05) is 16.8 Å². The number of anilines is 2. The number of nitrogens with one attached hydrogen (secondary N) is 1. The normalized spacial score (nSPS) is 10.4. The number of rotatable bonds is 7. The van der Waals surface area contributed by atoms with Crippen molar-refractivity contribution >= 4 is 11.5 Å². The molecular formula is C21H23N3. The number of nitrogens with zero attached hydrogens (tertiary/aromatic N) is 2. The van der Waals surface area contributed by atoms with Gasteiger partial charge in [0, 0.05) is 31.5 Å². The van der Waals surface area contributed by atoms with E-state index in [1.165, 1.54) is 16.8 Å². The van der Waals surface area contributed by atoms with Crippen LogP contribution in [0.2, 0.25) is 0 Å². The molecule has 2 aromatic carbocycles. The Bertz CT molecular complexity index is 724. The molecule has 0 atom stereocenters. The Morgan fingerprint density at radius 2 is 1.58 bits per heavy atom. The lowest BCUT2D eigenvalue weighted by atomic mass is 10.1. The zero-order chi connectivity index (χ0) is 16.6. The van der Waals surface area contributed by atoms with Crippen LogP contribution in [0.3, 0.4) is 0 Å². The van der Waals surface area contributed by atoms with E-state index in [-0.39, 0.29) is 0 Å². The van der Waals surface area contributed by atoms with Gasteiger partial charge in [-0.1, -0.05) is 48.5 Å². The van der Waals surface area contributed by atoms with Crippen molar-refractivity contribution in [2.45, 2.75) is 20.0 Å². The second-order valence-electron chi connectivity index (χ2n) is 5.73. The van der Waals surface area contributed by atoms with Crippen molar-refractivity contribution in [3.63, 3.8) is 0 Å². The lowest BCUT2D eigenvalue weighted by Crippen LogP contribution is -2.21. The van der Waals surface area contributed by atoms with Gasteiger partial charge in [0.25, 0.3) is 0 Å². The van der Waals surface area contributed by atoms with Gasteiger partial charge in [0.1, 0.15) is 5.82 Å². The predicted octanol–water partition coefficient (Wildman–Crippen LogP) is 4.72. The summed E-state index contributed by atoms with van der Waals surface area (Å²) in [6.45, 7) is 4.89. The molecule has 0 aliphatic heterocycles. The first kappa shape index (κ1) is 16.1. The molecule has 3 nitrogen and oxygen atoms in total. The van der Waals surface area contributed by atoms with Crippen LogP contribution >= 0.6 is 0 Å². The first-order chi connectivity index (χ1) is 11.8. The molecule has 0 amide bonds. The maximum absolute atomic E-state index is 4.28. The molecule has 0 radical (unpaired) electrons. The number of hydrogen-bond acceptors (Lipinski definition) is 3. The van der Waals surface area contributed by atoms with E-state index in [2.05, 4.69) is 76.7 Å². The van der Waals surface area contributed by atoms with E-state index in [0.717, 1.165) is 25.5 Å². The van der Waals surface area contributed by atoms with Crippen molar-refractivity contribution in [3.8, 4) is 0 Å². The van der Waals surface area contributed by atoms with Gasteiger partial charge in [-0.25, -0.2) is 4.98 Å². The Kier molecular flexibility index (Phi) is 5.46. The summed E-state index contributed by atoms with van der Waals surface area (Å²) in [4.78, 5) is 6.66. The van der Waals surface area contributed by atoms with Crippen LogP contribution in [0.5, 0.6) is 0 Å². The highest BCUT2D eigenvalue weighted by Gasteiger charge is 2.05. The maximum Gasteiger partial charge on any atom is 0.126 e. The van der Waals surface area contributed by atoms with E-state index in [4.69, 9.17) is 0 Å². The van der Waals surface area contributed by atoms with Crippen LogP contribution in [0.1, 0.15) is 18.1 Å². The quantitative estimate of drug-likeness (QED) is 0.683. The van der Waals surface area contributed by atoms with Crippen molar-refractivity contribution in [3.05, 3.63) is 90.1 Å². The topological polar surface area (TPSA) is 28.2 Å². The van der Waals surface area contributed by atoms with Crippen molar-refractivity contribution < 1.29 is 0 Å². The van der Waals surface area contributed by atoms with Gasteiger partial charge in [-0.15, -0.1) is 0 Å². The molecule has 122 valence electrons. The maximum atomic E-state index is 4.28. The lowest BCUT2D eigenvalue weighted by molar-refractivity contribution is 0.831. The van der Waals surface area contributed by atoms with Gasteiger partial charge >= 0.3 is 0 Å². The Balaban J connectivity index is 1.62. The van der Waals surface area contributed by atoms with E-state index in [0.29, 0.717) is 0 Å². The first-order valence-electron chi connectivity index (χ1n) is 8.38. The molecule has 1 N–H and O–H groups in total.